The lowest BCUT2D eigenvalue weighted by molar-refractivity contribution is -0.122. The molecule has 3 aromatic rings. The highest BCUT2D eigenvalue weighted by Gasteiger charge is 2.52. The third-order valence-corrected chi connectivity index (χ3v) is 5.50. The molecule has 0 radical (unpaired) electrons. The number of hydrogen-bond acceptors (Lipinski definition) is 3. The summed E-state index contributed by atoms with van der Waals surface area (Å²) in [4.78, 5) is 28.6. The van der Waals surface area contributed by atoms with Crippen LogP contribution in [-0.4, -0.2) is 17.6 Å². The molecule has 3 aromatic carbocycles. The maximum Gasteiger partial charge on any atom is 0.409 e. The average molecular weight is 473 g/mol. The van der Waals surface area contributed by atoms with E-state index < -0.39 is 17.2 Å². The van der Waals surface area contributed by atoms with E-state index in [1.165, 1.54) is 0 Å². The highest BCUT2D eigenvalue weighted by atomic mass is 35.5. The predicted molar refractivity (Wildman–Crippen MR) is 133 cm³/mol. The van der Waals surface area contributed by atoms with Crippen molar-refractivity contribution in [3.05, 3.63) is 101 Å². The van der Waals surface area contributed by atoms with E-state index in [1.807, 2.05) is 60.7 Å². The molecule has 34 heavy (non-hydrogen) atoms. The molecule has 1 N–H and O–H groups in total. The third kappa shape index (κ3) is 4.93. The molecule has 1 aliphatic heterocycles. The first-order chi connectivity index (χ1) is 16.2. The Hall–Kier alpha value is -3.75. The van der Waals surface area contributed by atoms with Gasteiger partial charge in [-0.2, -0.15) is 0 Å². The molecular weight excluding hydrogens is 448 g/mol. The lowest BCUT2D eigenvalue weighted by Crippen LogP contribution is -2.53. The van der Waals surface area contributed by atoms with E-state index in [2.05, 4.69) is 17.2 Å². The van der Waals surface area contributed by atoms with Crippen molar-refractivity contribution in [2.75, 3.05) is 4.90 Å². The van der Waals surface area contributed by atoms with E-state index in [0.29, 0.717) is 22.8 Å². The summed E-state index contributed by atoms with van der Waals surface area (Å²) in [7, 11) is 0. The first-order valence-corrected chi connectivity index (χ1v) is 11.3. The van der Waals surface area contributed by atoms with Gasteiger partial charge in [-0.05, 0) is 50.6 Å². The van der Waals surface area contributed by atoms with Crippen molar-refractivity contribution in [1.29, 1.82) is 0 Å². The molecule has 172 valence electrons. The highest BCUT2D eigenvalue weighted by molar-refractivity contribution is 6.31. The van der Waals surface area contributed by atoms with Crippen LogP contribution in [0.4, 0.5) is 10.5 Å². The Morgan fingerprint density at radius 3 is 2.32 bits per heavy atom. The van der Waals surface area contributed by atoms with Gasteiger partial charge in [-0.25, -0.2) is 4.79 Å². The number of nitrogens with one attached hydrogen (secondary N) is 1. The lowest BCUT2D eigenvalue weighted by Gasteiger charge is -2.27. The number of rotatable bonds is 3. The number of alkyl carbamates (subject to hydrolysis) is 1. The summed E-state index contributed by atoms with van der Waals surface area (Å²) in [5.74, 6) is 5.77. The molecule has 2 amide bonds. The zero-order valence-electron chi connectivity index (χ0n) is 19.3. The van der Waals surface area contributed by atoms with E-state index in [1.54, 1.807) is 43.9 Å². The molecule has 0 saturated carbocycles. The van der Waals surface area contributed by atoms with Gasteiger partial charge in [0.1, 0.15) is 5.60 Å². The van der Waals surface area contributed by atoms with Gasteiger partial charge >= 0.3 is 6.09 Å². The van der Waals surface area contributed by atoms with E-state index in [-0.39, 0.29) is 5.91 Å². The van der Waals surface area contributed by atoms with Crippen LogP contribution in [0, 0.1) is 11.8 Å². The molecule has 0 unspecified atom stereocenters. The monoisotopic (exact) mass is 472 g/mol. The number of carbonyl (C=O) groups excluding carboxylic acids is 2. The largest absolute Gasteiger partial charge is 0.444 e. The summed E-state index contributed by atoms with van der Waals surface area (Å²) in [6.07, 6.45) is -0.731. The van der Waals surface area contributed by atoms with Gasteiger partial charge in [0, 0.05) is 16.1 Å². The second kappa shape index (κ2) is 9.24. The minimum absolute atomic E-state index is 0.303. The normalized spacial score (nSPS) is 16.9. The zero-order chi connectivity index (χ0) is 24.3. The van der Waals surface area contributed by atoms with E-state index in [4.69, 9.17) is 16.3 Å². The van der Waals surface area contributed by atoms with Crippen LogP contribution in [0.25, 0.3) is 0 Å². The van der Waals surface area contributed by atoms with Crippen molar-refractivity contribution in [2.24, 2.45) is 0 Å². The van der Waals surface area contributed by atoms with Crippen LogP contribution in [0.3, 0.4) is 0 Å². The van der Waals surface area contributed by atoms with Gasteiger partial charge in [0.05, 0.1) is 12.2 Å². The number of ether oxygens (including phenoxy) is 1. The molecule has 1 aliphatic rings. The maximum atomic E-state index is 14.0. The number of fused-ring (bicyclic) bond motifs is 1. The standard InChI is InChI=1S/C28H25ClN2O3/c1-27(2,3)34-26(33)30-28(17-16-20-10-6-4-7-11-20)23-15-14-22(29)18-24(23)31(25(28)32)19-21-12-8-5-9-13-21/h4-15,18H,19H2,1-3H3,(H,30,33)/t28-/m0/s1. The molecule has 1 heterocycles. The maximum absolute atomic E-state index is 14.0. The average Bonchev–Trinajstić information content (AvgIpc) is 3.00. The first kappa shape index (κ1) is 23.4. The molecular formula is C28H25ClN2O3. The summed E-state index contributed by atoms with van der Waals surface area (Å²) < 4.78 is 5.50. The van der Waals surface area contributed by atoms with Gasteiger partial charge in [0.25, 0.3) is 5.91 Å². The smallest absolute Gasteiger partial charge is 0.409 e. The Morgan fingerprint density at radius 2 is 1.68 bits per heavy atom. The first-order valence-electron chi connectivity index (χ1n) is 10.9. The zero-order valence-corrected chi connectivity index (χ0v) is 20.0. The minimum Gasteiger partial charge on any atom is -0.444 e. The predicted octanol–water partition coefficient (Wildman–Crippen LogP) is 5.66. The van der Waals surface area contributed by atoms with Crippen molar-refractivity contribution >= 4 is 29.3 Å². The Bertz CT molecular complexity index is 1270. The van der Waals surface area contributed by atoms with Crippen LogP contribution in [0.2, 0.25) is 5.02 Å². The number of nitrogens with zero attached hydrogens (tertiary/aromatic N) is 1. The fourth-order valence-corrected chi connectivity index (χ4v) is 3.98. The van der Waals surface area contributed by atoms with Gasteiger partial charge in [0.15, 0.2) is 0 Å². The topological polar surface area (TPSA) is 58.6 Å². The van der Waals surface area contributed by atoms with Gasteiger partial charge < -0.3 is 9.64 Å². The molecule has 0 aromatic heterocycles. The van der Waals surface area contributed by atoms with Crippen LogP contribution in [-0.2, 0) is 21.6 Å². The van der Waals surface area contributed by atoms with Crippen LogP contribution < -0.4 is 10.2 Å². The molecule has 0 spiro atoms. The Balaban J connectivity index is 1.84. The number of halogens is 1. The van der Waals surface area contributed by atoms with Crippen molar-refractivity contribution in [1.82, 2.24) is 5.32 Å². The number of anilines is 1. The highest BCUT2D eigenvalue weighted by Crippen LogP contribution is 2.42. The number of carbonyl (C=O) groups is 2. The summed E-state index contributed by atoms with van der Waals surface area (Å²) in [6, 6.07) is 24.1. The molecule has 0 bridgehead atoms. The summed E-state index contributed by atoms with van der Waals surface area (Å²) in [6.45, 7) is 5.60. The molecule has 0 fully saturated rings. The van der Waals surface area contributed by atoms with Crippen LogP contribution in [0.1, 0.15) is 37.5 Å². The number of amides is 2. The van der Waals surface area contributed by atoms with Crippen molar-refractivity contribution < 1.29 is 14.3 Å². The third-order valence-electron chi connectivity index (χ3n) is 5.26. The summed E-state index contributed by atoms with van der Waals surface area (Å²) in [5.41, 5.74) is 0.426. The molecule has 0 saturated heterocycles. The van der Waals surface area contributed by atoms with Crippen LogP contribution in [0.5, 0.6) is 0 Å². The SMILES string of the molecule is CC(C)(C)OC(=O)N[C@]1(C#Cc2ccccc2)C(=O)N(Cc2ccccc2)c2cc(Cl)ccc21. The summed E-state index contributed by atoms with van der Waals surface area (Å²) in [5, 5.41) is 3.27. The van der Waals surface area contributed by atoms with Crippen molar-refractivity contribution in [2.45, 2.75) is 38.5 Å². The van der Waals surface area contributed by atoms with Crippen LogP contribution >= 0.6 is 11.6 Å². The number of hydrogen-bond donors (Lipinski definition) is 1. The quantitative estimate of drug-likeness (QED) is 0.500. The molecule has 6 heteroatoms. The van der Waals surface area contributed by atoms with E-state index in [0.717, 1.165) is 11.1 Å². The fourth-order valence-electron chi connectivity index (χ4n) is 3.81. The second-order valence-electron chi connectivity index (χ2n) is 9.03. The minimum atomic E-state index is -1.63. The number of benzene rings is 3. The lowest BCUT2D eigenvalue weighted by atomic mass is 9.91. The Morgan fingerprint density at radius 1 is 1.03 bits per heavy atom. The fraction of sp³-hybridized carbons (Fsp3) is 0.214. The van der Waals surface area contributed by atoms with Crippen molar-refractivity contribution in [3.63, 3.8) is 0 Å². The van der Waals surface area contributed by atoms with Crippen LogP contribution in [0.15, 0.2) is 78.9 Å². The van der Waals surface area contributed by atoms with Crippen molar-refractivity contribution in [3.8, 4) is 11.8 Å². The van der Waals surface area contributed by atoms with Gasteiger partial charge in [-0.1, -0.05) is 78.0 Å². The molecule has 1 atom stereocenters. The molecule has 0 aliphatic carbocycles. The Kier molecular flexibility index (Phi) is 6.37. The van der Waals surface area contributed by atoms with Gasteiger partial charge in [0.2, 0.25) is 5.54 Å². The van der Waals surface area contributed by atoms with Gasteiger partial charge in [-0.15, -0.1) is 0 Å². The van der Waals surface area contributed by atoms with Gasteiger partial charge in [-0.3, -0.25) is 10.1 Å². The summed E-state index contributed by atoms with van der Waals surface area (Å²) >= 11 is 6.31. The van der Waals surface area contributed by atoms with E-state index >= 15 is 0 Å². The van der Waals surface area contributed by atoms with E-state index in [9.17, 15) is 9.59 Å². The molecule has 5 nitrogen and oxygen atoms in total. The Labute approximate surface area is 204 Å². The molecule has 4 rings (SSSR count). The second-order valence-corrected chi connectivity index (χ2v) is 9.47.